The van der Waals surface area contributed by atoms with Crippen LogP contribution in [0, 0.1) is 5.92 Å². The van der Waals surface area contributed by atoms with Gasteiger partial charge in [-0.2, -0.15) is 0 Å². The molecule has 0 aromatic heterocycles. The molecule has 0 amide bonds. The van der Waals surface area contributed by atoms with E-state index in [1.54, 1.807) is 7.11 Å². The van der Waals surface area contributed by atoms with Crippen LogP contribution in [0.2, 0.25) is 0 Å². The molecule has 1 N–H and O–H groups in total. The van der Waals surface area contributed by atoms with Crippen molar-refractivity contribution in [3.05, 3.63) is 0 Å². The van der Waals surface area contributed by atoms with Crippen molar-refractivity contribution in [2.45, 2.75) is 44.7 Å². The van der Waals surface area contributed by atoms with Crippen molar-refractivity contribution >= 4 is 0 Å². The fourth-order valence-corrected chi connectivity index (χ4v) is 2.79. The molecule has 1 atom stereocenters. The first kappa shape index (κ1) is 12.3. The van der Waals surface area contributed by atoms with Crippen LogP contribution in [0.15, 0.2) is 0 Å². The number of rotatable bonds is 5. The molecule has 2 fully saturated rings. The van der Waals surface area contributed by atoms with Gasteiger partial charge >= 0.3 is 0 Å². The lowest BCUT2D eigenvalue weighted by Crippen LogP contribution is -2.62. The Morgan fingerprint density at radius 3 is 2.75 bits per heavy atom. The molecule has 0 bridgehead atoms. The first-order valence-electron chi connectivity index (χ1n) is 6.60. The normalized spacial score (nSPS) is 30.6. The molecule has 0 aromatic rings. The van der Waals surface area contributed by atoms with Gasteiger partial charge in [0, 0.05) is 44.9 Å². The highest BCUT2D eigenvalue weighted by atomic mass is 16.5. The molecule has 0 spiro atoms. The van der Waals surface area contributed by atoms with Crippen LogP contribution < -0.4 is 5.32 Å². The fourth-order valence-electron chi connectivity index (χ4n) is 2.79. The lowest BCUT2D eigenvalue weighted by molar-refractivity contribution is 0.0721. The van der Waals surface area contributed by atoms with E-state index >= 15 is 0 Å². The third-order valence-corrected chi connectivity index (χ3v) is 3.82. The summed E-state index contributed by atoms with van der Waals surface area (Å²) in [6.45, 7) is 9.04. The summed E-state index contributed by atoms with van der Waals surface area (Å²) < 4.78 is 5.15. The number of hydrogen-bond donors (Lipinski definition) is 1. The van der Waals surface area contributed by atoms with E-state index in [2.05, 4.69) is 24.1 Å². The van der Waals surface area contributed by atoms with Gasteiger partial charge in [0.1, 0.15) is 0 Å². The lowest BCUT2D eigenvalue weighted by Gasteiger charge is -2.45. The Morgan fingerprint density at radius 1 is 1.38 bits per heavy atom. The van der Waals surface area contributed by atoms with E-state index in [9.17, 15) is 0 Å². The van der Waals surface area contributed by atoms with Crippen LogP contribution >= 0.6 is 0 Å². The van der Waals surface area contributed by atoms with Crippen LogP contribution in [0.3, 0.4) is 0 Å². The van der Waals surface area contributed by atoms with E-state index < -0.39 is 0 Å². The Bertz CT molecular complexity index is 226. The van der Waals surface area contributed by atoms with E-state index in [-0.39, 0.29) is 5.54 Å². The van der Waals surface area contributed by atoms with E-state index in [0.29, 0.717) is 0 Å². The van der Waals surface area contributed by atoms with Gasteiger partial charge in [-0.25, -0.2) is 0 Å². The van der Waals surface area contributed by atoms with Crippen LogP contribution in [0.4, 0.5) is 0 Å². The molecule has 94 valence electrons. The predicted octanol–water partition coefficient (Wildman–Crippen LogP) is 1.49. The zero-order valence-corrected chi connectivity index (χ0v) is 11.0. The highest BCUT2D eigenvalue weighted by Crippen LogP contribution is 2.37. The summed E-state index contributed by atoms with van der Waals surface area (Å²) in [6, 6.07) is 0.782. The third-order valence-electron chi connectivity index (χ3n) is 3.82. The zero-order chi connectivity index (χ0) is 11.6. The van der Waals surface area contributed by atoms with E-state index in [0.717, 1.165) is 25.0 Å². The molecular formula is C13H26N2O. The highest BCUT2D eigenvalue weighted by molar-refractivity contribution is 4.98. The van der Waals surface area contributed by atoms with Crippen LogP contribution in [0.1, 0.15) is 33.1 Å². The Labute approximate surface area is 99.5 Å². The summed E-state index contributed by atoms with van der Waals surface area (Å²) in [6.07, 6.45) is 4.04. The molecular weight excluding hydrogens is 200 g/mol. The largest absolute Gasteiger partial charge is 0.385 e. The summed E-state index contributed by atoms with van der Waals surface area (Å²) in [5.74, 6) is 0.964. The van der Waals surface area contributed by atoms with Crippen molar-refractivity contribution in [2.24, 2.45) is 5.92 Å². The Balaban J connectivity index is 1.86. The summed E-state index contributed by atoms with van der Waals surface area (Å²) >= 11 is 0. The van der Waals surface area contributed by atoms with Crippen molar-refractivity contribution in [1.29, 1.82) is 0 Å². The van der Waals surface area contributed by atoms with Gasteiger partial charge in [-0.15, -0.1) is 0 Å². The molecule has 1 saturated heterocycles. The van der Waals surface area contributed by atoms with Crippen molar-refractivity contribution in [1.82, 2.24) is 10.2 Å². The summed E-state index contributed by atoms with van der Waals surface area (Å²) in [5.41, 5.74) is 0.276. The molecule has 3 nitrogen and oxygen atoms in total. The van der Waals surface area contributed by atoms with Crippen molar-refractivity contribution < 1.29 is 4.74 Å². The molecule has 3 heteroatoms. The minimum absolute atomic E-state index is 0.276. The maximum Gasteiger partial charge on any atom is 0.0474 e. The molecule has 1 unspecified atom stereocenters. The van der Waals surface area contributed by atoms with E-state index in [1.165, 1.54) is 32.5 Å². The maximum atomic E-state index is 5.15. The standard InChI is InChI=1S/C13H26N2O/c1-13(2)10-15(7-4-8-16-3)12(9-14-13)11-5-6-11/h11-12,14H,4-10H2,1-3H3. The average molecular weight is 226 g/mol. The number of nitrogens with zero attached hydrogens (tertiary/aromatic N) is 1. The van der Waals surface area contributed by atoms with Gasteiger partial charge < -0.3 is 10.1 Å². The predicted molar refractivity (Wildman–Crippen MR) is 66.7 cm³/mol. The second kappa shape index (κ2) is 5.03. The van der Waals surface area contributed by atoms with Crippen LogP contribution in [0.25, 0.3) is 0 Å². The molecule has 1 aliphatic heterocycles. The quantitative estimate of drug-likeness (QED) is 0.719. The van der Waals surface area contributed by atoms with Crippen molar-refractivity contribution in [3.63, 3.8) is 0 Å². The number of nitrogens with one attached hydrogen (secondary N) is 1. The molecule has 1 aliphatic carbocycles. The minimum atomic E-state index is 0.276. The molecule has 1 heterocycles. The minimum Gasteiger partial charge on any atom is -0.385 e. The first-order valence-corrected chi connectivity index (χ1v) is 6.60. The second-order valence-electron chi connectivity index (χ2n) is 5.99. The monoisotopic (exact) mass is 226 g/mol. The lowest BCUT2D eigenvalue weighted by atomic mass is 9.96. The van der Waals surface area contributed by atoms with Crippen LogP contribution in [0.5, 0.6) is 0 Å². The number of ether oxygens (including phenoxy) is 1. The highest BCUT2D eigenvalue weighted by Gasteiger charge is 2.40. The second-order valence-corrected chi connectivity index (χ2v) is 5.99. The van der Waals surface area contributed by atoms with Crippen LogP contribution in [-0.4, -0.2) is 49.8 Å². The smallest absolute Gasteiger partial charge is 0.0474 e. The van der Waals surface area contributed by atoms with Gasteiger partial charge in [-0.1, -0.05) is 0 Å². The van der Waals surface area contributed by atoms with Gasteiger partial charge in [0.2, 0.25) is 0 Å². The molecule has 2 aliphatic rings. The number of piperazine rings is 1. The van der Waals surface area contributed by atoms with Gasteiger partial charge in [-0.3, -0.25) is 4.90 Å². The summed E-state index contributed by atoms with van der Waals surface area (Å²) in [4.78, 5) is 2.69. The molecule has 16 heavy (non-hydrogen) atoms. The van der Waals surface area contributed by atoms with Crippen molar-refractivity contribution in [3.8, 4) is 0 Å². The van der Waals surface area contributed by atoms with Gasteiger partial charge in [0.25, 0.3) is 0 Å². The first-order chi connectivity index (χ1) is 7.62. The molecule has 1 saturated carbocycles. The average Bonchev–Trinajstić information content (AvgIpc) is 3.01. The van der Waals surface area contributed by atoms with Crippen LogP contribution in [-0.2, 0) is 4.74 Å². The van der Waals surface area contributed by atoms with E-state index in [1.807, 2.05) is 0 Å². The van der Waals surface area contributed by atoms with Crippen molar-refractivity contribution in [2.75, 3.05) is 33.4 Å². The molecule has 2 rings (SSSR count). The number of hydrogen-bond acceptors (Lipinski definition) is 3. The van der Waals surface area contributed by atoms with Gasteiger partial charge in [-0.05, 0) is 39.0 Å². The Hall–Kier alpha value is -0.120. The topological polar surface area (TPSA) is 24.5 Å². The fraction of sp³-hybridized carbons (Fsp3) is 1.00. The van der Waals surface area contributed by atoms with Gasteiger partial charge in [0.05, 0.1) is 0 Å². The van der Waals surface area contributed by atoms with E-state index in [4.69, 9.17) is 4.74 Å². The zero-order valence-electron chi connectivity index (χ0n) is 11.0. The SMILES string of the molecule is COCCCN1CC(C)(C)NCC1C1CC1. The van der Waals surface area contributed by atoms with Gasteiger partial charge in [0.15, 0.2) is 0 Å². The number of methoxy groups -OCH3 is 1. The summed E-state index contributed by atoms with van der Waals surface area (Å²) in [7, 11) is 1.79. The summed E-state index contributed by atoms with van der Waals surface area (Å²) in [5, 5.41) is 3.68. The Kier molecular flexibility index (Phi) is 3.88. The maximum absolute atomic E-state index is 5.15. The molecule has 0 radical (unpaired) electrons. The Morgan fingerprint density at radius 2 is 2.12 bits per heavy atom. The molecule has 0 aromatic carbocycles. The third kappa shape index (κ3) is 3.19.